The molecule has 0 aliphatic heterocycles. The number of rotatable bonds is 2. The maximum atomic E-state index is 11.1. The Morgan fingerprint density at radius 2 is 2.06 bits per heavy atom. The average Bonchev–Trinajstić information content (AvgIpc) is 2.87. The fourth-order valence-electron chi connectivity index (χ4n) is 1.97. The van der Waals surface area contributed by atoms with Crippen LogP contribution in [-0.4, -0.2) is 14.8 Å². The van der Waals surface area contributed by atoms with Gasteiger partial charge in [0.15, 0.2) is 0 Å². The molecule has 0 aliphatic carbocycles. The van der Waals surface area contributed by atoms with Crippen molar-refractivity contribution in [1.29, 1.82) is 0 Å². The van der Waals surface area contributed by atoms with Gasteiger partial charge < -0.3 is 4.57 Å². The summed E-state index contributed by atoms with van der Waals surface area (Å²) in [5, 5.41) is 0.580. The number of pyridine rings is 1. The summed E-state index contributed by atoms with van der Waals surface area (Å²) in [5.74, 6) is 0. The zero-order valence-corrected chi connectivity index (χ0v) is 10.1. The fourth-order valence-corrected chi connectivity index (χ4v) is 2.09. The Kier molecular flexibility index (Phi) is 2.61. The largest absolute Gasteiger partial charge is 0.322 e. The Balaban J connectivity index is 2.21. The third-order valence-electron chi connectivity index (χ3n) is 2.82. The first-order chi connectivity index (χ1) is 8.75. The van der Waals surface area contributed by atoms with Crippen molar-refractivity contribution in [2.45, 2.75) is 0 Å². The second kappa shape index (κ2) is 4.27. The van der Waals surface area contributed by atoms with Crippen molar-refractivity contribution in [1.82, 2.24) is 9.55 Å². The summed E-state index contributed by atoms with van der Waals surface area (Å²) >= 11 is 5.46. The van der Waals surface area contributed by atoms with Gasteiger partial charge in [-0.15, -0.1) is 0 Å². The number of aromatic nitrogens is 2. The van der Waals surface area contributed by atoms with E-state index in [2.05, 4.69) is 4.98 Å². The number of fused-ring (bicyclic) bond motifs is 1. The maximum absolute atomic E-state index is 11.1. The Morgan fingerprint density at radius 1 is 1.17 bits per heavy atom. The second-order valence-electron chi connectivity index (χ2n) is 3.93. The highest BCUT2D eigenvalue weighted by Crippen LogP contribution is 2.21. The van der Waals surface area contributed by atoms with Gasteiger partial charge in [0.2, 0.25) is 0 Å². The number of hydrogen-bond donors (Lipinski definition) is 0. The molecule has 0 saturated heterocycles. The van der Waals surface area contributed by atoms with Crippen molar-refractivity contribution in [3.8, 4) is 5.69 Å². The molecule has 0 aliphatic rings. The lowest BCUT2D eigenvalue weighted by Crippen LogP contribution is -1.93. The first kappa shape index (κ1) is 11.0. The first-order valence-corrected chi connectivity index (χ1v) is 5.85. The molecular weight excluding hydrogens is 248 g/mol. The monoisotopic (exact) mass is 256 g/mol. The van der Waals surface area contributed by atoms with E-state index >= 15 is 0 Å². The van der Waals surface area contributed by atoms with E-state index in [0.717, 1.165) is 16.6 Å². The van der Waals surface area contributed by atoms with Gasteiger partial charge in [-0.1, -0.05) is 6.07 Å². The maximum Gasteiger partial charge on any atom is 0.253 e. The van der Waals surface area contributed by atoms with E-state index in [0.29, 0.717) is 5.56 Å². The molecule has 2 aromatic heterocycles. The molecule has 88 valence electrons. The standard InChI is InChI=1S/C14H9ClN2O/c15-14(18)10-6-8-17(9-10)13-5-1-4-12-11(13)3-2-7-16-12/h1-9H. The number of carbonyl (C=O) groups excluding carboxylic acids is 1. The van der Waals surface area contributed by atoms with Gasteiger partial charge in [0.05, 0.1) is 16.8 Å². The summed E-state index contributed by atoms with van der Waals surface area (Å²) in [4.78, 5) is 15.4. The van der Waals surface area contributed by atoms with E-state index in [1.807, 2.05) is 41.1 Å². The highest BCUT2D eigenvalue weighted by atomic mass is 35.5. The summed E-state index contributed by atoms with van der Waals surface area (Å²) in [5.41, 5.74) is 2.38. The van der Waals surface area contributed by atoms with E-state index in [4.69, 9.17) is 11.6 Å². The normalized spacial score (nSPS) is 10.7. The van der Waals surface area contributed by atoms with Gasteiger partial charge in [-0.25, -0.2) is 0 Å². The second-order valence-corrected chi connectivity index (χ2v) is 4.27. The molecule has 3 rings (SSSR count). The molecule has 18 heavy (non-hydrogen) atoms. The van der Waals surface area contributed by atoms with Crippen molar-refractivity contribution in [3.63, 3.8) is 0 Å². The highest BCUT2D eigenvalue weighted by Gasteiger charge is 2.07. The Hall–Kier alpha value is -2.13. The van der Waals surface area contributed by atoms with Crippen LogP contribution in [0.2, 0.25) is 0 Å². The van der Waals surface area contributed by atoms with Gasteiger partial charge in [0.1, 0.15) is 0 Å². The number of nitrogens with zero attached hydrogens (tertiary/aromatic N) is 2. The highest BCUT2D eigenvalue weighted by molar-refractivity contribution is 6.67. The molecule has 0 bridgehead atoms. The summed E-state index contributed by atoms with van der Waals surface area (Å²) in [6.07, 6.45) is 5.30. The smallest absolute Gasteiger partial charge is 0.253 e. The third kappa shape index (κ3) is 1.79. The topological polar surface area (TPSA) is 34.9 Å². The van der Waals surface area contributed by atoms with Crippen LogP contribution in [0.4, 0.5) is 0 Å². The molecule has 3 nitrogen and oxygen atoms in total. The molecule has 0 radical (unpaired) electrons. The minimum atomic E-state index is -0.452. The first-order valence-electron chi connectivity index (χ1n) is 5.47. The Labute approximate surface area is 109 Å². The minimum Gasteiger partial charge on any atom is -0.322 e. The Bertz CT molecular complexity index is 728. The lowest BCUT2D eigenvalue weighted by Gasteiger charge is -2.06. The van der Waals surface area contributed by atoms with Crippen LogP contribution in [0.5, 0.6) is 0 Å². The predicted octanol–water partition coefficient (Wildman–Crippen LogP) is 3.40. The molecule has 4 heteroatoms. The Morgan fingerprint density at radius 3 is 2.83 bits per heavy atom. The van der Waals surface area contributed by atoms with Crippen LogP contribution in [0, 0.1) is 0 Å². The van der Waals surface area contributed by atoms with Crippen LogP contribution in [-0.2, 0) is 0 Å². The SMILES string of the molecule is O=C(Cl)c1ccn(-c2cccc3ncccc23)c1. The van der Waals surface area contributed by atoms with Crippen LogP contribution < -0.4 is 0 Å². The zero-order chi connectivity index (χ0) is 12.5. The third-order valence-corrected chi connectivity index (χ3v) is 3.04. The van der Waals surface area contributed by atoms with E-state index in [1.165, 1.54) is 0 Å². The molecule has 2 heterocycles. The van der Waals surface area contributed by atoms with Crippen LogP contribution in [0.25, 0.3) is 16.6 Å². The van der Waals surface area contributed by atoms with Crippen molar-refractivity contribution in [2.75, 3.05) is 0 Å². The summed E-state index contributed by atoms with van der Waals surface area (Å²) in [6, 6.07) is 11.5. The van der Waals surface area contributed by atoms with Crippen LogP contribution >= 0.6 is 11.6 Å². The van der Waals surface area contributed by atoms with E-state index < -0.39 is 5.24 Å². The molecule has 0 N–H and O–H groups in total. The number of carbonyl (C=O) groups is 1. The molecule has 0 atom stereocenters. The molecule has 0 amide bonds. The summed E-state index contributed by atoms with van der Waals surface area (Å²) in [6.45, 7) is 0. The van der Waals surface area contributed by atoms with Gasteiger partial charge >= 0.3 is 0 Å². The van der Waals surface area contributed by atoms with Crippen molar-refractivity contribution < 1.29 is 4.79 Å². The minimum absolute atomic E-state index is 0.452. The van der Waals surface area contributed by atoms with Gasteiger partial charge in [-0.2, -0.15) is 0 Å². The molecular formula is C14H9ClN2O. The van der Waals surface area contributed by atoms with Crippen molar-refractivity contribution in [2.24, 2.45) is 0 Å². The number of benzene rings is 1. The van der Waals surface area contributed by atoms with Crippen molar-refractivity contribution in [3.05, 3.63) is 60.6 Å². The summed E-state index contributed by atoms with van der Waals surface area (Å²) < 4.78 is 1.87. The summed E-state index contributed by atoms with van der Waals surface area (Å²) in [7, 11) is 0. The predicted molar refractivity (Wildman–Crippen MR) is 71.3 cm³/mol. The van der Waals surface area contributed by atoms with Gasteiger partial charge in [0, 0.05) is 24.0 Å². The number of hydrogen-bond acceptors (Lipinski definition) is 2. The molecule has 0 unspecified atom stereocenters. The van der Waals surface area contributed by atoms with E-state index in [1.54, 1.807) is 18.5 Å². The zero-order valence-electron chi connectivity index (χ0n) is 9.38. The lowest BCUT2D eigenvalue weighted by atomic mass is 10.2. The average molecular weight is 257 g/mol. The van der Waals surface area contributed by atoms with Crippen LogP contribution in [0.15, 0.2) is 55.0 Å². The molecule has 3 aromatic rings. The van der Waals surface area contributed by atoms with Gasteiger partial charge in [0.25, 0.3) is 5.24 Å². The molecule has 0 fully saturated rings. The molecule has 0 spiro atoms. The van der Waals surface area contributed by atoms with E-state index in [9.17, 15) is 4.79 Å². The number of halogens is 1. The van der Waals surface area contributed by atoms with Gasteiger partial charge in [-0.05, 0) is 41.9 Å². The fraction of sp³-hybridized carbons (Fsp3) is 0. The van der Waals surface area contributed by atoms with Crippen molar-refractivity contribution >= 4 is 27.7 Å². The van der Waals surface area contributed by atoms with E-state index in [-0.39, 0.29) is 0 Å². The lowest BCUT2D eigenvalue weighted by molar-refractivity contribution is 0.108. The van der Waals surface area contributed by atoms with Gasteiger partial charge in [-0.3, -0.25) is 9.78 Å². The van der Waals surface area contributed by atoms with Crippen LogP contribution in [0.1, 0.15) is 10.4 Å². The molecule has 1 aromatic carbocycles. The van der Waals surface area contributed by atoms with Crippen LogP contribution in [0.3, 0.4) is 0 Å². The molecule has 0 saturated carbocycles. The quantitative estimate of drug-likeness (QED) is 0.659.